The zero-order valence-corrected chi connectivity index (χ0v) is 14.7. The van der Waals surface area contributed by atoms with Gasteiger partial charge in [0.25, 0.3) is 0 Å². The molecule has 23 heavy (non-hydrogen) atoms. The first kappa shape index (κ1) is 17.3. The van der Waals surface area contributed by atoms with Gasteiger partial charge in [0.1, 0.15) is 5.82 Å². The van der Waals surface area contributed by atoms with E-state index in [1.165, 1.54) is 16.4 Å². The molecule has 0 unspecified atom stereocenters. The van der Waals surface area contributed by atoms with E-state index in [1.807, 2.05) is 25.1 Å². The van der Waals surface area contributed by atoms with Crippen LogP contribution in [0.4, 0.5) is 5.69 Å². The molecule has 0 bridgehead atoms. The topological polar surface area (TPSA) is 85.8 Å². The molecular formula is C16H23N5OS. The van der Waals surface area contributed by atoms with Crippen LogP contribution in [-0.2, 0) is 4.79 Å². The highest BCUT2D eigenvalue weighted by atomic mass is 32.2. The summed E-state index contributed by atoms with van der Waals surface area (Å²) in [4.78, 5) is 12.5. The number of nitrogens with zero attached hydrogens (tertiary/aromatic N) is 3. The number of nitrogens with one attached hydrogen (secondary N) is 1. The first-order valence-corrected chi connectivity index (χ1v) is 8.55. The van der Waals surface area contributed by atoms with Gasteiger partial charge in [-0.05, 0) is 37.8 Å². The number of carbonyl (C=O) groups is 1. The van der Waals surface area contributed by atoms with E-state index in [-0.39, 0.29) is 11.2 Å². The van der Waals surface area contributed by atoms with Crippen LogP contribution in [0.2, 0.25) is 0 Å². The average Bonchev–Trinajstić information content (AvgIpc) is 2.86. The summed E-state index contributed by atoms with van der Waals surface area (Å²) in [5, 5.41) is 11.1. The molecule has 0 aliphatic heterocycles. The van der Waals surface area contributed by atoms with Crippen molar-refractivity contribution in [1.29, 1.82) is 0 Å². The third kappa shape index (κ3) is 4.04. The molecule has 0 aliphatic carbocycles. The molecule has 3 N–H and O–H groups in total. The minimum atomic E-state index is -0.328. The summed E-state index contributed by atoms with van der Waals surface area (Å²) >= 11 is 1.29. The monoisotopic (exact) mass is 333 g/mol. The second-order valence-corrected chi connectivity index (χ2v) is 6.85. The van der Waals surface area contributed by atoms with E-state index >= 15 is 0 Å². The van der Waals surface area contributed by atoms with Crippen LogP contribution in [0.15, 0.2) is 29.4 Å². The van der Waals surface area contributed by atoms with Gasteiger partial charge in [-0.15, -0.1) is 10.2 Å². The number of aryl methyl sites for hydroxylation is 1. The third-order valence-electron chi connectivity index (χ3n) is 3.85. The Morgan fingerprint density at radius 2 is 2.04 bits per heavy atom. The number of hydrogen-bond acceptors (Lipinski definition) is 5. The van der Waals surface area contributed by atoms with Gasteiger partial charge in [-0.25, -0.2) is 4.68 Å². The molecule has 0 fully saturated rings. The number of para-hydroxylation sites is 1. The molecule has 2 aromatic rings. The van der Waals surface area contributed by atoms with Crippen LogP contribution in [0.1, 0.15) is 44.5 Å². The zero-order valence-electron chi connectivity index (χ0n) is 13.9. The van der Waals surface area contributed by atoms with Gasteiger partial charge in [0.2, 0.25) is 11.1 Å². The predicted octanol–water partition coefficient (Wildman–Crippen LogP) is 2.93. The van der Waals surface area contributed by atoms with Gasteiger partial charge < -0.3 is 11.2 Å². The Morgan fingerprint density at radius 1 is 1.35 bits per heavy atom. The van der Waals surface area contributed by atoms with Crippen molar-refractivity contribution in [1.82, 2.24) is 14.9 Å². The van der Waals surface area contributed by atoms with Crippen LogP contribution in [0, 0.1) is 6.92 Å². The largest absolute Gasteiger partial charge is 0.336 e. The first-order valence-electron chi connectivity index (χ1n) is 7.67. The number of thioether (sulfide) groups is 1. The SMILES string of the molecule is CC[C@H](C)c1ccccc1NC(=O)[C@H](C)Sc1nnc(C)n1N. The van der Waals surface area contributed by atoms with Crippen LogP contribution < -0.4 is 11.2 Å². The van der Waals surface area contributed by atoms with Crippen molar-refractivity contribution >= 4 is 23.4 Å². The number of benzene rings is 1. The summed E-state index contributed by atoms with van der Waals surface area (Å²) in [6.07, 6.45) is 1.02. The highest BCUT2D eigenvalue weighted by Gasteiger charge is 2.20. The van der Waals surface area contributed by atoms with Crippen LogP contribution in [0.3, 0.4) is 0 Å². The Bertz CT molecular complexity index is 685. The summed E-state index contributed by atoms with van der Waals surface area (Å²) in [6.45, 7) is 7.89. The normalized spacial score (nSPS) is 13.6. The predicted molar refractivity (Wildman–Crippen MR) is 94.0 cm³/mol. The van der Waals surface area contributed by atoms with Gasteiger partial charge in [0, 0.05) is 5.69 Å². The maximum absolute atomic E-state index is 12.5. The number of hydrogen-bond donors (Lipinski definition) is 2. The molecule has 1 aromatic heterocycles. The highest BCUT2D eigenvalue weighted by Crippen LogP contribution is 2.28. The van der Waals surface area contributed by atoms with Crippen molar-refractivity contribution in [3.63, 3.8) is 0 Å². The smallest absolute Gasteiger partial charge is 0.237 e. The quantitative estimate of drug-likeness (QED) is 0.627. The van der Waals surface area contributed by atoms with E-state index in [0.717, 1.165) is 17.7 Å². The van der Waals surface area contributed by atoms with Crippen LogP contribution >= 0.6 is 11.8 Å². The molecule has 124 valence electrons. The fraction of sp³-hybridized carbons (Fsp3) is 0.438. The van der Waals surface area contributed by atoms with Crippen LogP contribution in [-0.4, -0.2) is 26.0 Å². The lowest BCUT2D eigenvalue weighted by Crippen LogP contribution is -2.24. The molecule has 0 aliphatic rings. The molecule has 1 heterocycles. The van der Waals surface area contributed by atoms with E-state index in [9.17, 15) is 4.79 Å². The Morgan fingerprint density at radius 3 is 2.65 bits per heavy atom. The van der Waals surface area contributed by atoms with E-state index in [2.05, 4.69) is 35.4 Å². The van der Waals surface area contributed by atoms with Crippen molar-refractivity contribution < 1.29 is 4.79 Å². The molecule has 1 aromatic carbocycles. The Balaban J connectivity index is 2.08. The number of rotatable bonds is 6. The number of anilines is 1. The number of aromatic nitrogens is 3. The summed E-state index contributed by atoms with van der Waals surface area (Å²) in [7, 11) is 0. The Labute approximate surface area is 140 Å². The van der Waals surface area contributed by atoms with E-state index in [0.29, 0.717) is 16.9 Å². The standard InChI is InChI=1S/C16H23N5OS/c1-5-10(2)13-8-6-7-9-14(13)18-15(22)11(3)23-16-20-19-12(4)21(16)17/h6-11H,5,17H2,1-4H3,(H,18,22)/t10-,11-/m0/s1. The lowest BCUT2D eigenvalue weighted by atomic mass is 9.97. The average molecular weight is 333 g/mol. The third-order valence-corrected chi connectivity index (χ3v) is 4.91. The van der Waals surface area contributed by atoms with Crippen molar-refractivity contribution in [3.05, 3.63) is 35.7 Å². The first-order chi connectivity index (χ1) is 10.9. The zero-order chi connectivity index (χ0) is 17.0. The van der Waals surface area contributed by atoms with E-state index in [4.69, 9.17) is 5.84 Å². The van der Waals surface area contributed by atoms with Crippen molar-refractivity contribution in [2.45, 2.75) is 50.4 Å². The molecular weight excluding hydrogens is 310 g/mol. The number of amides is 1. The molecule has 0 radical (unpaired) electrons. The summed E-state index contributed by atoms with van der Waals surface area (Å²) < 4.78 is 1.39. The fourth-order valence-corrected chi connectivity index (χ4v) is 2.95. The van der Waals surface area contributed by atoms with Crippen LogP contribution in [0.25, 0.3) is 0 Å². The maximum Gasteiger partial charge on any atom is 0.237 e. The lowest BCUT2D eigenvalue weighted by molar-refractivity contribution is -0.115. The number of carbonyl (C=O) groups excluding carboxylic acids is 1. The van der Waals surface area contributed by atoms with Crippen LogP contribution in [0.5, 0.6) is 0 Å². The van der Waals surface area contributed by atoms with Gasteiger partial charge in [0.05, 0.1) is 5.25 Å². The van der Waals surface area contributed by atoms with Gasteiger partial charge >= 0.3 is 0 Å². The van der Waals surface area contributed by atoms with Gasteiger partial charge in [-0.1, -0.05) is 43.8 Å². The molecule has 6 nitrogen and oxygen atoms in total. The fourth-order valence-electron chi connectivity index (χ4n) is 2.14. The molecule has 7 heteroatoms. The minimum Gasteiger partial charge on any atom is -0.336 e. The Kier molecular flexibility index (Phi) is 5.65. The summed E-state index contributed by atoms with van der Waals surface area (Å²) in [6, 6.07) is 7.92. The molecule has 1 amide bonds. The molecule has 0 saturated carbocycles. The Hall–Kier alpha value is -2.02. The summed E-state index contributed by atoms with van der Waals surface area (Å²) in [5.41, 5.74) is 2.02. The lowest BCUT2D eigenvalue weighted by Gasteiger charge is -2.17. The molecule has 2 atom stereocenters. The molecule has 0 saturated heterocycles. The molecule has 0 spiro atoms. The minimum absolute atomic E-state index is 0.0774. The van der Waals surface area contributed by atoms with Crippen molar-refractivity contribution in [2.75, 3.05) is 11.2 Å². The van der Waals surface area contributed by atoms with Crippen molar-refractivity contribution in [3.8, 4) is 0 Å². The maximum atomic E-state index is 12.5. The van der Waals surface area contributed by atoms with E-state index < -0.39 is 0 Å². The van der Waals surface area contributed by atoms with Crippen molar-refractivity contribution in [2.24, 2.45) is 0 Å². The number of nitrogens with two attached hydrogens (primary N) is 1. The van der Waals surface area contributed by atoms with Gasteiger partial charge in [-0.3, -0.25) is 4.79 Å². The second-order valence-electron chi connectivity index (χ2n) is 5.55. The highest BCUT2D eigenvalue weighted by molar-refractivity contribution is 8.00. The second kappa shape index (κ2) is 7.50. The van der Waals surface area contributed by atoms with Gasteiger partial charge in [0.15, 0.2) is 0 Å². The molecule has 2 rings (SSSR count). The number of nitrogen functional groups attached to an aromatic ring is 1. The summed E-state index contributed by atoms with van der Waals surface area (Å²) in [5.74, 6) is 6.75. The van der Waals surface area contributed by atoms with Gasteiger partial charge in [-0.2, -0.15) is 0 Å². The van der Waals surface area contributed by atoms with E-state index in [1.54, 1.807) is 6.92 Å².